The maximum atomic E-state index is 12.7. The highest BCUT2D eigenvalue weighted by Gasteiger charge is 2.21. The van der Waals surface area contributed by atoms with Gasteiger partial charge in [-0.15, -0.1) is 0 Å². The molecule has 0 bridgehead atoms. The number of rotatable bonds is 5. The molecule has 0 amide bonds. The number of imidazole rings is 1. The summed E-state index contributed by atoms with van der Waals surface area (Å²) in [6.07, 6.45) is 0.240. The second-order valence-electron chi connectivity index (χ2n) is 6.19. The molecule has 0 atom stereocenters. The van der Waals surface area contributed by atoms with Gasteiger partial charge in [-0.05, 0) is 5.56 Å². The summed E-state index contributed by atoms with van der Waals surface area (Å²) in [7, 11) is 4.91. The summed E-state index contributed by atoms with van der Waals surface area (Å²) in [4.78, 5) is 31.3. The lowest BCUT2D eigenvalue weighted by molar-refractivity contribution is 0.685. The summed E-state index contributed by atoms with van der Waals surface area (Å²) < 4.78 is 4.15. The highest BCUT2D eigenvalue weighted by Crippen LogP contribution is 2.20. The minimum atomic E-state index is -0.426. The summed E-state index contributed by atoms with van der Waals surface area (Å²) in [6.45, 7) is 0.917. The molecule has 3 rings (SSSR count). The lowest BCUT2D eigenvalue weighted by Crippen LogP contribution is -2.37. The van der Waals surface area contributed by atoms with Gasteiger partial charge in [0.25, 0.3) is 5.56 Å². The Balaban J connectivity index is 2.19. The number of benzene rings is 1. The third-order valence-electron chi connectivity index (χ3n) is 4.38. The van der Waals surface area contributed by atoms with Crippen LogP contribution < -0.4 is 16.1 Å². The zero-order chi connectivity index (χ0) is 18.8. The van der Waals surface area contributed by atoms with Crippen LogP contribution in [0.1, 0.15) is 12.0 Å². The average Bonchev–Trinajstić information content (AvgIpc) is 3.03. The molecule has 8 nitrogen and oxygen atoms in total. The molecule has 0 aliphatic rings. The Bertz CT molecular complexity index is 1100. The zero-order valence-electron chi connectivity index (χ0n) is 15.0. The van der Waals surface area contributed by atoms with Gasteiger partial charge < -0.3 is 9.47 Å². The van der Waals surface area contributed by atoms with E-state index in [9.17, 15) is 9.59 Å². The number of aryl methyl sites for hydroxylation is 2. The number of nitriles is 1. The van der Waals surface area contributed by atoms with Crippen LogP contribution in [0.15, 0.2) is 39.9 Å². The molecule has 0 aliphatic heterocycles. The van der Waals surface area contributed by atoms with Crippen LogP contribution in [0.5, 0.6) is 0 Å². The molecule has 1 aromatic carbocycles. The summed E-state index contributed by atoms with van der Waals surface area (Å²) in [5.41, 5.74) is 0.916. The number of anilines is 1. The molecule has 3 aromatic rings. The van der Waals surface area contributed by atoms with Crippen molar-refractivity contribution in [1.29, 1.82) is 5.26 Å². The lowest BCUT2D eigenvalue weighted by Gasteiger charge is -2.19. The highest BCUT2D eigenvalue weighted by atomic mass is 16.2. The van der Waals surface area contributed by atoms with Gasteiger partial charge in [0, 0.05) is 34.2 Å². The van der Waals surface area contributed by atoms with Crippen LogP contribution in [0, 0.1) is 11.3 Å². The Morgan fingerprint density at radius 1 is 1.15 bits per heavy atom. The normalized spacial score (nSPS) is 10.8. The van der Waals surface area contributed by atoms with Gasteiger partial charge in [0.15, 0.2) is 11.2 Å². The third-order valence-corrected chi connectivity index (χ3v) is 4.38. The Morgan fingerprint density at radius 2 is 1.85 bits per heavy atom. The van der Waals surface area contributed by atoms with Crippen LogP contribution in [0.2, 0.25) is 0 Å². The molecular formula is C18H20N6O2. The van der Waals surface area contributed by atoms with E-state index in [2.05, 4.69) is 11.1 Å². The maximum absolute atomic E-state index is 12.7. The number of fused-ring (bicyclic) bond motifs is 1. The summed E-state index contributed by atoms with van der Waals surface area (Å²) in [5.74, 6) is 0.553. The summed E-state index contributed by atoms with van der Waals surface area (Å²) >= 11 is 0. The quantitative estimate of drug-likeness (QED) is 0.683. The first kappa shape index (κ1) is 17.5. The Labute approximate surface area is 150 Å². The molecule has 0 N–H and O–H groups in total. The van der Waals surface area contributed by atoms with Gasteiger partial charge >= 0.3 is 5.69 Å². The van der Waals surface area contributed by atoms with E-state index in [-0.39, 0.29) is 6.42 Å². The zero-order valence-corrected chi connectivity index (χ0v) is 15.0. The van der Waals surface area contributed by atoms with Crippen molar-refractivity contribution in [1.82, 2.24) is 18.7 Å². The smallest absolute Gasteiger partial charge is 0.332 e. The van der Waals surface area contributed by atoms with E-state index in [1.54, 1.807) is 11.6 Å². The van der Waals surface area contributed by atoms with E-state index in [0.717, 1.165) is 10.1 Å². The molecule has 0 aliphatic carbocycles. The van der Waals surface area contributed by atoms with Gasteiger partial charge in [0.1, 0.15) is 0 Å². The molecular weight excluding hydrogens is 332 g/mol. The second-order valence-corrected chi connectivity index (χ2v) is 6.19. The number of aromatic nitrogens is 4. The van der Waals surface area contributed by atoms with Gasteiger partial charge in [0.2, 0.25) is 5.95 Å². The third kappa shape index (κ3) is 2.88. The van der Waals surface area contributed by atoms with Crippen LogP contribution in [0.25, 0.3) is 11.2 Å². The number of hydrogen-bond donors (Lipinski definition) is 0. The molecule has 0 radical (unpaired) electrons. The average molecular weight is 352 g/mol. The van der Waals surface area contributed by atoms with Crippen molar-refractivity contribution >= 4 is 17.1 Å². The molecule has 26 heavy (non-hydrogen) atoms. The second kappa shape index (κ2) is 6.88. The predicted molar refractivity (Wildman–Crippen MR) is 99.0 cm³/mol. The van der Waals surface area contributed by atoms with Crippen molar-refractivity contribution in [3.63, 3.8) is 0 Å². The van der Waals surface area contributed by atoms with E-state index in [1.807, 2.05) is 42.3 Å². The number of hydrogen-bond acceptors (Lipinski definition) is 5. The Morgan fingerprint density at radius 3 is 2.50 bits per heavy atom. The fourth-order valence-corrected chi connectivity index (χ4v) is 3.03. The van der Waals surface area contributed by atoms with Gasteiger partial charge in [-0.3, -0.25) is 13.9 Å². The molecule has 0 saturated heterocycles. The van der Waals surface area contributed by atoms with Crippen molar-refractivity contribution in [3.05, 3.63) is 56.7 Å². The van der Waals surface area contributed by atoms with Crippen molar-refractivity contribution in [3.8, 4) is 6.07 Å². The van der Waals surface area contributed by atoms with Gasteiger partial charge in [0.05, 0.1) is 12.5 Å². The SMILES string of the molecule is CN(Cc1ccccc1)c1nc2c(c(=O)n(C)c(=O)n2C)n1CCC#N. The molecule has 0 fully saturated rings. The standard InChI is InChI=1S/C18H20N6O2/c1-21(12-13-8-5-4-6-9-13)17-20-15-14(24(17)11-7-10-19)16(25)23(3)18(26)22(15)2/h4-6,8-9H,7,11-12H2,1-3H3. The first-order valence-corrected chi connectivity index (χ1v) is 8.24. The molecule has 8 heteroatoms. The molecule has 0 unspecified atom stereocenters. The van der Waals surface area contributed by atoms with Crippen molar-refractivity contribution < 1.29 is 0 Å². The fraction of sp³-hybridized carbons (Fsp3) is 0.333. The maximum Gasteiger partial charge on any atom is 0.332 e. The number of nitrogens with zero attached hydrogens (tertiary/aromatic N) is 6. The molecule has 0 saturated carbocycles. The van der Waals surface area contributed by atoms with Crippen LogP contribution in [-0.4, -0.2) is 25.7 Å². The van der Waals surface area contributed by atoms with E-state index < -0.39 is 11.2 Å². The minimum absolute atomic E-state index is 0.240. The van der Waals surface area contributed by atoms with Gasteiger partial charge in [-0.25, -0.2) is 4.79 Å². The molecule has 0 spiro atoms. The van der Waals surface area contributed by atoms with E-state index in [4.69, 9.17) is 5.26 Å². The predicted octanol–water partition coefficient (Wildman–Crippen LogP) is 0.984. The molecule has 2 aromatic heterocycles. The minimum Gasteiger partial charge on any atom is -0.341 e. The fourth-order valence-electron chi connectivity index (χ4n) is 3.03. The molecule has 134 valence electrons. The van der Waals surface area contributed by atoms with Crippen LogP contribution in [-0.2, 0) is 27.2 Å². The van der Waals surface area contributed by atoms with Gasteiger partial charge in [-0.1, -0.05) is 30.3 Å². The first-order valence-electron chi connectivity index (χ1n) is 8.24. The van der Waals surface area contributed by atoms with Crippen LogP contribution >= 0.6 is 0 Å². The Hall–Kier alpha value is -3.34. The first-order chi connectivity index (χ1) is 12.5. The molecule has 2 heterocycles. The van der Waals surface area contributed by atoms with Crippen molar-refractivity contribution in [2.75, 3.05) is 11.9 Å². The van der Waals surface area contributed by atoms with Gasteiger partial charge in [-0.2, -0.15) is 10.2 Å². The summed E-state index contributed by atoms with van der Waals surface area (Å²) in [6, 6.07) is 12.0. The Kier molecular flexibility index (Phi) is 4.63. The van der Waals surface area contributed by atoms with Crippen LogP contribution in [0.4, 0.5) is 5.95 Å². The summed E-state index contributed by atoms with van der Waals surface area (Å²) in [5, 5.41) is 8.99. The van der Waals surface area contributed by atoms with Crippen LogP contribution in [0.3, 0.4) is 0 Å². The lowest BCUT2D eigenvalue weighted by atomic mass is 10.2. The van der Waals surface area contributed by atoms with E-state index in [1.165, 1.54) is 11.6 Å². The van der Waals surface area contributed by atoms with E-state index >= 15 is 0 Å². The topological polar surface area (TPSA) is 88.8 Å². The van der Waals surface area contributed by atoms with E-state index in [0.29, 0.717) is 30.2 Å². The van der Waals surface area contributed by atoms with Crippen molar-refractivity contribution in [2.24, 2.45) is 14.1 Å². The largest absolute Gasteiger partial charge is 0.341 e. The highest BCUT2D eigenvalue weighted by molar-refractivity contribution is 5.74. The van der Waals surface area contributed by atoms with Crippen molar-refractivity contribution in [2.45, 2.75) is 19.5 Å². The monoisotopic (exact) mass is 352 g/mol.